The second-order valence-corrected chi connectivity index (χ2v) is 11.1. The molecule has 1 aromatic carbocycles. The lowest BCUT2D eigenvalue weighted by atomic mass is 9.94. The molecule has 30 heavy (non-hydrogen) atoms. The summed E-state index contributed by atoms with van der Waals surface area (Å²) >= 11 is 5.13. The number of nitrogens with zero attached hydrogens (tertiary/aromatic N) is 1. The number of anilines is 1. The van der Waals surface area contributed by atoms with Crippen molar-refractivity contribution in [2.24, 2.45) is 0 Å². The summed E-state index contributed by atoms with van der Waals surface area (Å²) < 4.78 is 27.2. The van der Waals surface area contributed by atoms with Gasteiger partial charge in [-0.05, 0) is 58.2 Å². The smallest absolute Gasteiger partial charge is 0.322 e. The number of carbonyl (C=O) groups is 1. The number of carbonyl (C=O) groups excluding carboxylic acids is 1. The van der Waals surface area contributed by atoms with Crippen LogP contribution >= 0.6 is 11.6 Å². The third kappa shape index (κ3) is 5.81. The highest BCUT2D eigenvalue weighted by molar-refractivity contribution is 7.90. The van der Waals surface area contributed by atoms with Gasteiger partial charge in [0, 0.05) is 47.1 Å². The van der Waals surface area contributed by atoms with Crippen LogP contribution in [-0.2, 0) is 27.4 Å². The van der Waals surface area contributed by atoms with Gasteiger partial charge in [0.1, 0.15) is 4.75 Å². The van der Waals surface area contributed by atoms with Gasteiger partial charge in [0.15, 0.2) is 6.29 Å². The van der Waals surface area contributed by atoms with Crippen LogP contribution in [0.3, 0.4) is 0 Å². The van der Waals surface area contributed by atoms with Gasteiger partial charge in [-0.2, -0.15) is 0 Å². The molecule has 3 rings (SSSR count). The molecule has 9 heteroatoms. The number of benzene rings is 1. The Kier molecular flexibility index (Phi) is 7.92. The zero-order valence-electron chi connectivity index (χ0n) is 18.1. The van der Waals surface area contributed by atoms with E-state index in [1.807, 2.05) is 33.8 Å². The molecule has 2 amide bonds. The predicted molar refractivity (Wildman–Crippen MR) is 120 cm³/mol. The Balaban J connectivity index is 1.90. The number of urea groups is 1. The predicted octanol–water partition coefficient (Wildman–Crippen LogP) is 4.34. The van der Waals surface area contributed by atoms with Gasteiger partial charge in [-0.15, -0.1) is 4.72 Å². The van der Waals surface area contributed by atoms with Crippen LogP contribution in [0, 0.1) is 0 Å². The summed E-state index contributed by atoms with van der Waals surface area (Å²) in [5.41, 5.74) is 2.66. The number of halogens is 1. The largest absolute Gasteiger partial charge is 0.598 e. The van der Waals surface area contributed by atoms with Gasteiger partial charge < -0.3 is 24.2 Å². The van der Waals surface area contributed by atoms with E-state index in [1.165, 1.54) is 0 Å². The van der Waals surface area contributed by atoms with Gasteiger partial charge in [-0.25, -0.2) is 4.79 Å². The van der Waals surface area contributed by atoms with Crippen molar-refractivity contribution in [2.75, 3.05) is 25.1 Å². The molecule has 2 heterocycles. The lowest BCUT2D eigenvalue weighted by Crippen LogP contribution is -2.43. The van der Waals surface area contributed by atoms with Crippen molar-refractivity contribution in [1.29, 1.82) is 0 Å². The second kappa shape index (κ2) is 10.1. The lowest BCUT2D eigenvalue weighted by molar-refractivity contribution is -0.182. The van der Waals surface area contributed by atoms with Crippen molar-refractivity contribution < 1.29 is 18.8 Å². The number of rotatable bonds is 7. The topological polar surface area (TPSA) is 85.9 Å². The van der Waals surface area contributed by atoms with Crippen LogP contribution in [0.4, 0.5) is 10.5 Å². The van der Waals surface area contributed by atoms with Crippen LogP contribution in [0.5, 0.6) is 0 Å². The minimum Gasteiger partial charge on any atom is -0.598 e. The van der Waals surface area contributed by atoms with Crippen LogP contribution in [-0.4, -0.2) is 46.3 Å². The Morgan fingerprint density at radius 1 is 1.37 bits per heavy atom. The lowest BCUT2D eigenvalue weighted by Gasteiger charge is -2.34. The molecule has 1 fully saturated rings. The Morgan fingerprint density at radius 3 is 2.70 bits per heavy atom. The highest BCUT2D eigenvalue weighted by atomic mass is 35.5. The maximum Gasteiger partial charge on any atom is 0.322 e. The van der Waals surface area contributed by atoms with Gasteiger partial charge in [-0.1, -0.05) is 11.6 Å². The molecular formula is C21H32ClN3O4S. The third-order valence-corrected chi connectivity index (χ3v) is 7.11. The van der Waals surface area contributed by atoms with E-state index in [1.54, 1.807) is 11.0 Å². The summed E-state index contributed by atoms with van der Waals surface area (Å²) in [4.78, 5) is 14.0. The monoisotopic (exact) mass is 457 g/mol. The molecule has 1 saturated heterocycles. The molecule has 0 aromatic heterocycles. The van der Waals surface area contributed by atoms with Gasteiger partial charge in [0.2, 0.25) is 0 Å². The Bertz CT molecular complexity index is 753. The van der Waals surface area contributed by atoms with Crippen molar-refractivity contribution >= 4 is 34.7 Å². The van der Waals surface area contributed by atoms with Crippen LogP contribution < -0.4 is 10.0 Å². The van der Waals surface area contributed by atoms with Crippen molar-refractivity contribution in [3.05, 3.63) is 28.3 Å². The molecule has 7 nitrogen and oxygen atoms in total. The number of hydrogen-bond donors (Lipinski definition) is 2. The maximum absolute atomic E-state index is 12.9. The number of hydrogen-bond acceptors (Lipinski definition) is 5. The van der Waals surface area contributed by atoms with Crippen LogP contribution in [0.2, 0.25) is 5.02 Å². The first-order valence-corrected chi connectivity index (χ1v) is 12.0. The standard InChI is InChI=1S/C21H32ClN3O4S/c1-5-25-13-16-15(11-14(22)12-18(16)23-20(25)26)17(24-30(27)21(2,3)4)7-8-19-28-9-6-10-29-19/h11-12,17,19,24H,5-10,13H2,1-4H3,(H,23,26)/t17-,30?/m0/s1. The van der Waals surface area contributed by atoms with Gasteiger partial charge in [0.25, 0.3) is 0 Å². The first kappa shape index (κ1) is 23.6. The molecule has 0 saturated carbocycles. The quantitative estimate of drug-likeness (QED) is 0.594. The fraction of sp³-hybridized carbons (Fsp3) is 0.667. The number of fused-ring (bicyclic) bond motifs is 1. The minimum atomic E-state index is -1.27. The normalized spacial score (nSPS) is 19.9. The third-order valence-electron chi connectivity index (χ3n) is 5.28. The van der Waals surface area contributed by atoms with Gasteiger partial charge in [0.05, 0.1) is 19.3 Å². The molecular weight excluding hydrogens is 426 g/mol. The van der Waals surface area contributed by atoms with Gasteiger partial charge in [-0.3, -0.25) is 0 Å². The number of nitrogens with one attached hydrogen (secondary N) is 2. The minimum absolute atomic E-state index is 0.134. The number of ether oxygens (including phenoxy) is 2. The van der Waals surface area contributed by atoms with Crippen LogP contribution in [0.25, 0.3) is 0 Å². The first-order valence-electron chi connectivity index (χ1n) is 10.5. The van der Waals surface area contributed by atoms with E-state index in [0.717, 1.165) is 17.5 Å². The van der Waals surface area contributed by atoms with E-state index in [0.29, 0.717) is 49.9 Å². The summed E-state index contributed by atoms with van der Waals surface area (Å²) in [5, 5.41) is 3.47. The molecule has 2 atom stereocenters. The molecule has 0 aliphatic carbocycles. The van der Waals surface area contributed by atoms with Crippen molar-refractivity contribution in [1.82, 2.24) is 9.62 Å². The van der Waals surface area contributed by atoms with E-state index < -0.39 is 16.1 Å². The van der Waals surface area contributed by atoms with Crippen molar-refractivity contribution in [3.63, 3.8) is 0 Å². The number of amides is 2. The molecule has 2 N–H and O–H groups in total. The summed E-state index contributed by atoms with van der Waals surface area (Å²) in [7, 11) is 0. The average molecular weight is 458 g/mol. The van der Waals surface area contributed by atoms with E-state index in [-0.39, 0.29) is 18.4 Å². The van der Waals surface area contributed by atoms with Crippen molar-refractivity contribution in [2.45, 2.75) is 70.6 Å². The molecule has 0 radical (unpaired) electrons. The Morgan fingerprint density at radius 2 is 2.07 bits per heavy atom. The molecule has 2 aliphatic heterocycles. The summed E-state index contributed by atoms with van der Waals surface area (Å²) in [5.74, 6) is 0. The van der Waals surface area contributed by atoms with Crippen LogP contribution in [0.15, 0.2) is 12.1 Å². The molecule has 0 spiro atoms. The Hall–Kier alpha value is -1.03. The van der Waals surface area contributed by atoms with E-state index in [4.69, 9.17) is 21.1 Å². The van der Waals surface area contributed by atoms with Gasteiger partial charge >= 0.3 is 6.03 Å². The highest BCUT2D eigenvalue weighted by Gasteiger charge is 2.33. The summed E-state index contributed by atoms with van der Waals surface area (Å²) in [6.07, 6.45) is 1.98. The van der Waals surface area contributed by atoms with E-state index in [2.05, 4.69) is 10.0 Å². The van der Waals surface area contributed by atoms with E-state index in [9.17, 15) is 9.35 Å². The van der Waals surface area contributed by atoms with Crippen LogP contribution in [0.1, 0.15) is 64.1 Å². The zero-order valence-corrected chi connectivity index (χ0v) is 19.7. The highest BCUT2D eigenvalue weighted by Crippen LogP contribution is 2.36. The Labute approximate surface area is 187 Å². The maximum atomic E-state index is 12.9. The SMILES string of the molecule is CCN1Cc2c(cc(Cl)cc2[C@H](CCC2OCCCO2)N[S+]([O-])C(C)(C)C)NC1=O. The molecule has 168 valence electrons. The summed E-state index contributed by atoms with van der Waals surface area (Å²) in [6.45, 7) is 10.2. The molecule has 0 bridgehead atoms. The molecule has 1 aromatic rings. The summed E-state index contributed by atoms with van der Waals surface area (Å²) in [6, 6.07) is 3.33. The zero-order chi connectivity index (χ0) is 21.9. The molecule has 2 aliphatic rings. The average Bonchev–Trinajstić information content (AvgIpc) is 2.69. The second-order valence-electron chi connectivity index (χ2n) is 8.62. The fourth-order valence-corrected chi connectivity index (χ4v) is 4.64. The van der Waals surface area contributed by atoms with Crippen molar-refractivity contribution in [3.8, 4) is 0 Å². The fourth-order valence-electron chi connectivity index (χ4n) is 3.56. The first-order chi connectivity index (χ1) is 14.2. The van der Waals surface area contributed by atoms with E-state index >= 15 is 0 Å². The molecule has 1 unspecified atom stereocenters.